The molecule has 0 radical (unpaired) electrons. The van der Waals surface area contributed by atoms with E-state index in [9.17, 15) is 9.59 Å². The van der Waals surface area contributed by atoms with E-state index in [1.807, 2.05) is 13.8 Å². The number of rotatable bonds is 7. The molecule has 0 rings (SSSR count). The van der Waals surface area contributed by atoms with Gasteiger partial charge in [-0.05, 0) is 5.92 Å². The van der Waals surface area contributed by atoms with Crippen LogP contribution < -0.4 is 11.1 Å². The zero-order chi connectivity index (χ0) is 12.7. The Hall–Kier alpha value is -1.14. The van der Waals surface area contributed by atoms with Gasteiger partial charge in [-0.15, -0.1) is 0 Å². The van der Waals surface area contributed by atoms with E-state index in [1.54, 1.807) is 0 Å². The second kappa shape index (κ2) is 7.19. The molecule has 2 atom stereocenters. The molecule has 0 fully saturated rings. The topological polar surface area (TPSA) is 113 Å². The highest BCUT2D eigenvalue weighted by molar-refractivity contribution is 5.76. The molecular formula is C10H20N2O4. The maximum atomic E-state index is 11.3. The monoisotopic (exact) mass is 232 g/mol. The number of nitrogens with two attached hydrogens (primary N) is 1. The van der Waals surface area contributed by atoms with Gasteiger partial charge in [0.15, 0.2) is 6.10 Å². The Labute approximate surface area is 94.8 Å². The smallest absolute Gasteiger partial charge is 0.332 e. The molecule has 2 unspecified atom stereocenters. The number of aliphatic hydroxyl groups excluding tert-OH is 1. The van der Waals surface area contributed by atoms with E-state index >= 15 is 0 Å². The zero-order valence-electron chi connectivity index (χ0n) is 9.64. The van der Waals surface area contributed by atoms with Crippen LogP contribution in [0.1, 0.15) is 26.7 Å². The first-order valence-corrected chi connectivity index (χ1v) is 5.27. The maximum Gasteiger partial charge on any atom is 0.332 e. The molecule has 5 N–H and O–H groups in total. The van der Waals surface area contributed by atoms with Crippen molar-refractivity contribution in [3.05, 3.63) is 0 Å². The highest BCUT2D eigenvalue weighted by Gasteiger charge is 2.15. The van der Waals surface area contributed by atoms with Crippen molar-refractivity contribution in [2.45, 2.75) is 38.8 Å². The van der Waals surface area contributed by atoms with Crippen molar-refractivity contribution in [3.63, 3.8) is 0 Å². The van der Waals surface area contributed by atoms with Crippen molar-refractivity contribution < 1.29 is 19.8 Å². The molecule has 0 aromatic rings. The summed E-state index contributed by atoms with van der Waals surface area (Å²) < 4.78 is 0. The van der Waals surface area contributed by atoms with Crippen molar-refractivity contribution in [2.75, 3.05) is 6.54 Å². The average Bonchev–Trinajstić information content (AvgIpc) is 2.16. The van der Waals surface area contributed by atoms with Crippen molar-refractivity contribution in [3.8, 4) is 0 Å². The molecule has 0 spiro atoms. The highest BCUT2D eigenvalue weighted by atomic mass is 16.4. The molecule has 0 aliphatic rings. The van der Waals surface area contributed by atoms with Gasteiger partial charge in [0.2, 0.25) is 5.91 Å². The first-order valence-electron chi connectivity index (χ1n) is 5.27. The van der Waals surface area contributed by atoms with Crippen LogP contribution in [0.2, 0.25) is 0 Å². The number of nitrogens with one attached hydrogen (secondary N) is 1. The molecule has 0 aliphatic carbocycles. The van der Waals surface area contributed by atoms with Crippen LogP contribution in [-0.2, 0) is 9.59 Å². The Balaban J connectivity index is 3.70. The lowest BCUT2D eigenvalue weighted by molar-refractivity contribution is -0.147. The SMILES string of the molecule is CC(C)C(N)CC(=O)NCCC(O)C(=O)O. The van der Waals surface area contributed by atoms with Gasteiger partial charge in [-0.1, -0.05) is 13.8 Å². The van der Waals surface area contributed by atoms with Crippen LogP contribution in [0.5, 0.6) is 0 Å². The number of carboxylic acid groups (broad SMARTS) is 1. The van der Waals surface area contributed by atoms with Crippen LogP contribution in [0.4, 0.5) is 0 Å². The molecule has 16 heavy (non-hydrogen) atoms. The number of carbonyl (C=O) groups is 2. The van der Waals surface area contributed by atoms with E-state index in [-0.39, 0.29) is 37.3 Å². The van der Waals surface area contributed by atoms with E-state index in [0.29, 0.717) is 0 Å². The zero-order valence-corrected chi connectivity index (χ0v) is 9.64. The van der Waals surface area contributed by atoms with Crippen LogP contribution in [0.15, 0.2) is 0 Å². The second-order valence-corrected chi connectivity index (χ2v) is 4.10. The minimum atomic E-state index is -1.43. The van der Waals surface area contributed by atoms with Crippen molar-refractivity contribution >= 4 is 11.9 Å². The summed E-state index contributed by atoms with van der Waals surface area (Å²) >= 11 is 0. The molecule has 94 valence electrons. The third-order valence-corrected chi connectivity index (χ3v) is 2.30. The van der Waals surface area contributed by atoms with E-state index < -0.39 is 12.1 Å². The molecule has 0 saturated heterocycles. The second-order valence-electron chi connectivity index (χ2n) is 4.10. The Morgan fingerprint density at radius 2 is 1.94 bits per heavy atom. The van der Waals surface area contributed by atoms with Gasteiger partial charge in [0.25, 0.3) is 0 Å². The summed E-state index contributed by atoms with van der Waals surface area (Å²) in [6, 6.07) is -0.204. The van der Waals surface area contributed by atoms with Gasteiger partial charge in [-0.2, -0.15) is 0 Å². The molecule has 0 saturated carbocycles. The van der Waals surface area contributed by atoms with Gasteiger partial charge < -0.3 is 21.3 Å². The lowest BCUT2D eigenvalue weighted by atomic mass is 10.0. The van der Waals surface area contributed by atoms with Crippen LogP contribution >= 0.6 is 0 Å². The Kier molecular flexibility index (Phi) is 6.67. The van der Waals surface area contributed by atoms with Crippen LogP contribution in [0.25, 0.3) is 0 Å². The van der Waals surface area contributed by atoms with Crippen LogP contribution in [0.3, 0.4) is 0 Å². The lowest BCUT2D eigenvalue weighted by Crippen LogP contribution is -2.36. The van der Waals surface area contributed by atoms with Gasteiger partial charge in [0, 0.05) is 25.4 Å². The van der Waals surface area contributed by atoms with Gasteiger partial charge in [0.05, 0.1) is 0 Å². The van der Waals surface area contributed by atoms with Crippen molar-refractivity contribution in [1.82, 2.24) is 5.32 Å². The van der Waals surface area contributed by atoms with Crippen LogP contribution in [-0.4, -0.2) is 40.8 Å². The fourth-order valence-corrected chi connectivity index (χ4v) is 0.994. The van der Waals surface area contributed by atoms with E-state index in [4.69, 9.17) is 15.9 Å². The largest absolute Gasteiger partial charge is 0.479 e. The Bertz CT molecular complexity index is 243. The van der Waals surface area contributed by atoms with Crippen molar-refractivity contribution in [1.29, 1.82) is 0 Å². The molecule has 0 aromatic heterocycles. The number of carboxylic acids is 1. The van der Waals surface area contributed by atoms with E-state index in [0.717, 1.165) is 0 Å². The van der Waals surface area contributed by atoms with E-state index in [1.165, 1.54) is 0 Å². The molecular weight excluding hydrogens is 212 g/mol. The van der Waals surface area contributed by atoms with Gasteiger partial charge in [-0.3, -0.25) is 4.79 Å². The van der Waals surface area contributed by atoms with E-state index in [2.05, 4.69) is 5.32 Å². The summed E-state index contributed by atoms with van der Waals surface area (Å²) in [5, 5.41) is 19.8. The maximum absolute atomic E-state index is 11.3. The molecule has 0 bridgehead atoms. The summed E-state index contributed by atoms with van der Waals surface area (Å²) in [6.45, 7) is 3.98. The number of carbonyl (C=O) groups excluding carboxylic acids is 1. The van der Waals surface area contributed by atoms with Gasteiger partial charge in [-0.25, -0.2) is 4.79 Å². The molecule has 6 heteroatoms. The molecule has 0 aliphatic heterocycles. The van der Waals surface area contributed by atoms with Crippen molar-refractivity contribution in [2.24, 2.45) is 11.7 Å². The Morgan fingerprint density at radius 1 is 1.38 bits per heavy atom. The minimum Gasteiger partial charge on any atom is -0.479 e. The Morgan fingerprint density at radius 3 is 2.38 bits per heavy atom. The van der Waals surface area contributed by atoms with Gasteiger partial charge >= 0.3 is 5.97 Å². The normalized spacial score (nSPS) is 14.6. The lowest BCUT2D eigenvalue weighted by Gasteiger charge is -2.15. The molecule has 1 amide bonds. The fourth-order valence-electron chi connectivity index (χ4n) is 0.994. The standard InChI is InChI=1S/C10H20N2O4/c1-6(2)7(11)5-9(14)12-4-3-8(13)10(15)16/h6-8,13H,3-5,11H2,1-2H3,(H,12,14)(H,15,16). The summed E-state index contributed by atoms with van der Waals surface area (Å²) in [7, 11) is 0. The first-order chi connectivity index (χ1) is 7.34. The predicted molar refractivity (Wildman–Crippen MR) is 58.7 cm³/mol. The number of hydrogen-bond donors (Lipinski definition) is 4. The predicted octanol–water partition coefficient (Wildman–Crippen LogP) is -0.688. The summed E-state index contributed by atoms with van der Waals surface area (Å²) in [6.07, 6.45) is -1.22. The minimum absolute atomic E-state index is 0.00199. The third-order valence-electron chi connectivity index (χ3n) is 2.30. The molecule has 6 nitrogen and oxygen atoms in total. The number of aliphatic hydroxyl groups is 1. The molecule has 0 aromatic carbocycles. The quantitative estimate of drug-likeness (QED) is 0.464. The molecule has 0 heterocycles. The van der Waals surface area contributed by atoms with Gasteiger partial charge in [0.1, 0.15) is 0 Å². The highest BCUT2D eigenvalue weighted by Crippen LogP contribution is 2.02. The summed E-state index contributed by atoms with van der Waals surface area (Å²) in [4.78, 5) is 21.5. The number of hydrogen-bond acceptors (Lipinski definition) is 4. The average molecular weight is 232 g/mol. The first kappa shape index (κ1) is 14.9. The van der Waals surface area contributed by atoms with Crippen LogP contribution in [0, 0.1) is 5.92 Å². The summed E-state index contributed by atoms with van der Waals surface area (Å²) in [5.41, 5.74) is 5.69. The fraction of sp³-hybridized carbons (Fsp3) is 0.800. The number of amides is 1. The summed E-state index contributed by atoms with van der Waals surface area (Å²) in [5.74, 6) is -1.29. The number of aliphatic carboxylic acids is 1. The third kappa shape index (κ3) is 6.36.